The summed E-state index contributed by atoms with van der Waals surface area (Å²) in [6.07, 6.45) is 0.923. The molecule has 0 spiro atoms. The molecule has 0 saturated carbocycles. The molecular formula is C18H24O2. The van der Waals surface area contributed by atoms with Crippen molar-refractivity contribution in [2.75, 3.05) is 0 Å². The summed E-state index contributed by atoms with van der Waals surface area (Å²) in [6.45, 7) is 7.99. The van der Waals surface area contributed by atoms with E-state index in [-0.39, 0.29) is 11.7 Å². The monoisotopic (exact) mass is 272 g/mol. The van der Waals surface area contributed by atoms with E-state index in [4.69, 9.17) is 0 Å². The highest BCUT2D eigenvalue weighted by Crippen LogP contribution is 2.32. The summed E-state index contributed by atoms with van der Waals surface area (Å²) in [7, 11) is 0. The van der Waals surface area contributed by atoms with Crippen LogP contribution in [0.1, 0.15) is 49.8 Å². The van der Waals surface area contributed by atoms with Gasteiger partial charge in [-0.3, -0.25) is 0 Å². The zero-order valence-electron chi connectivity index (χ0n) is 12.7. The molecule has 0 aromatic heterocycles. The van der Waals surface area contributed by atoms with Gasteiger partial charge in [0.25, 0.3) is 0 Å². The van der Waals surface area contributed by atoms with E-state index in [0.29, 0.717) is 5.75 Å². The lowest BCUT2D eigenvalue weighted by Gasteiger charge is -2.17. The molecule has 0 aliphatic carbocycles. The predicted molar refractivity (Wildman–Crippen MR) is 84.4 cm³/mol. The van der Waals surface area contributed by atoms with Gasteiger partial charge in [0.05, 0.1) is 0 Å². The molecule has 2 nitrogen and oxygen atoms in total. The van der Waals surface area contributed by atoms with Crippen LogP contribution < -0.4 is 0 Å². The lowest BCUT2D eigenvalue weighted by atomic mass is 9.88. The van der Waals surface area contributed by atoms with Crippen LogP contribution in [0, 0.1) is 6.92 Å². The molecule has 2 N–H and O–H groups in total. The van der Waals surface area contributed by atoms with Gasteiger partial charge in [0, 0.05) is 5.92 Å². The zero-order chi connectivity index (χ0) is 15.1. The highest BCUT2D eigenvalue weighted by atomic mass is 16.3. The van der Waals surface area contributed by atoms with Crippen molar-refractivity contribution in [3.05, 3.63) is 59.2 Å². The quantitative estimate of drug-likeness (QED) is 0.827. The van der Waals surface area contributed by atoms with Gasteiger partial charge in [-0.05, 0) is 48.2 Å². The van der Waals surface area contributed by atoms with Crippen molar-refractivity contribution in [3.8, 4) is 11.5 Å². The number of hydrogen-bond acceptors (Lipinski definition) is 2. The number of phenols is 2. The second kappa shape index (κ2) is 7.59. The Kier molecular flexibility index (Phi) is 6.10. The van der Waals surface area contributed by atoms with E-state index in [2.05, 4.69) is 6.92 Å². The maximum absolute atomic E-state index is 9.80. The molecule has 2 aromatic rings. The van der Waals surface area contributed by atoms with Crippen molar-refractivity contribution in [2.45, 2.75) is 40.0 Å². The van der Waals surface area contributed by atoms with E-state index in [9.17, 15) is 10.2 Å². The van der Waals surface area contributed by atoms with Crippen LogP contribution in [0.3, 0.4) is 0 Å². The molecule has 1 unspecified atom stereocenters. The number of rotatable bonds is 3. The number of aromatic hydroxyl groups is 2. The molecule has 0 aliphatic rings. The van der Waals surface area contributed by atoms with Gasteiger partial charge < -0.3 is 10.2 Å². The van der Waals surface area contributed by atoms with Crippen molar-refractivity contribution >= 4 is 0 Å². The van der Waals surface area contributed by atoms with Gasteiger partial charge in [0.1, 0.15) is 11.5 Å². The summed E-state index contributed by atoms with van der Waals surface area (Å²) in [6, 6.07) is 13.1. The van der Waals surface area contributed by atoms with Crippen molar-refractivity contribution in [2.24, 2.45) is 0 Å². The molecule has 108 valence electrons. The molecule has 1 atom stereocenters. The van der Waals surface area contributed by atoms with Crippen LogP contribution >= 0.6 is 0 Å². The molecule has 0 aliphatic heterocycles. The highest BCUT2D eigenvalue weighted by molar-refractivity contribution is 5.42. The lowest BCUT2D eigenvalue weighted by Crippen LogP contribution is -1.99. The fourth-order valence-electron chi connectivity index (χ4n) is 2.25. The Morgan fingerprint density at radius 1 is 0.950 bits per heavy atom. The first kappa shape index (κ1) is 16.1. The standard InChI is InChI=1S/C16H18O2.C2H6/c1-3-15(12-5-4-6-14(17)9-12)13-8-7-11(2)16(18)10-13;1-2/h4-10,15,17-18H,3H2,1-2H3;1-2H3. The number of aryl methyl sites for hydroxylation is 1. The first-order valence-corrected chi connectivity index (χ1v) is 7.20. The molecule has 0 heterocycles. The van der Waals surface area contributed by atoms with Gasteiger partial charge in [0.2, 0.25) is 0 Å². The van der Waals surface area contributed by atoms with Crippen molar-refractivity contribution < 1.29 is 10.2 Å². The summed E-state index contributed by atoms with van der Waals surface area (Å²) in [5.74, 6) is 0.803. The molecule has 0 amide bonds. The van der Waals surface area contributed by atoms with Gasteiger partial charge in [-0.2, -0.15) is 0 Å². The van der Waals surface area contributed by atoms with Gasteiger partial charge in [-0.15, -0.1) is 0 Å². The van der Waals surface area contributed by atoms with Crippen LogP contribution in [0.25, 0.3) is 0 Å². The summed E-state index contributed by atoms with van der Waals surface area (Å²) >= 11 is 0. The van der Waals surface area contributed by atoms with E-state index in [0.717, 1.165) is 23.1 Å². The smallest absolute Gasteiger partial charge is 0.118 e. The molecule has 2 aromatic carbocycles. The SMILES string of the molecule is CC.CCC(c1cccc(O)c1)c1ccc(C)c(O)c1. The molecule has 0 radical (unpaired) electrons. The van der Waals surface area contributed by atoms with Crippen LogP contribution in [0.15, 0.2) is 42.5 Å². The number of phenolic OH excluding ortho intramolecular Hbond substituents is 2. The Labute approximate surface area is 121 Å². The molecule has 2 rings (SSSR count). The van der Waals surface area contributed by atoms with Gasteiger partial charge in [-0.1, -0.05) is 45.0 Å². The molecule has 0 saturated heterocycles. The van der Waals surface area contributed by atoms with E-state index >= 15 is 0 Å². The largest absolute Gasteiger partial charge is 0.508 e. The molecule has 0 bridgehead atoms. The van der Waals surface area contributed by atoms with Crippen LogP contribution in [0.2, 0.25) is 0 Å². The third kappa shape index (κ3) is 3.77. The van der Waals surface area contributed by atoms with Crippen molar-refractivity contribution in [3.63, 3.8) is 0 Å². The maximum atomic E-state index is 9.80. The fraction of sp³-hybridized carbons (Fsp3) is 0.333. The summed E-state index contributed by atoms with van der Waals surface area (Å²) in [5, 5.41) is 19.4. The third-order valence-corrected chi connectivity index (χ3v) is 3.32. The van der Waals surface area contributed by atoms with E-state index in [1.165, 1.54) is 0 Å². The first-order valence-electron chi connectivity index (χ1n) is 7.20. The van der Waals surface area contributed by atoms with E-state index in [1.54, 1.807) is 12.1 Å². The minimum absolute atomic E-state index is 0.198. The lowest BCUT2D eigenvalue weighted by molar-refractivity contribution is 0.469. The minimum atomic E-state index is 0.198. The minimum Gasteiger partial charge on any atom is -0.508 e. The number of benzene rings is 2. The Morgan fingerprint density at radius 3 is 2.15 bits per heavy atom. The van der Waals surface area contributed by atoms with Crippen molar-refractivity contribution in [1.82, 2.24) is 0 Å². The Morgan fingerprint density at radius 2 is 1.60 bits per heavy atom. The van der Waals surface area contributed by atoms with Gasteiger partial charge in [-0.25, -0.2) is 0 Å². The first-order chi connectivity index (χ1) is 9.61. The van der Waals surface area contributed by atoms with Crippen LogP contribution in [-0.2, 0) is 0 Å². The summed E-state index contributed by atoms with van der Waals surface area (Å²) in [4.78, 5) is 0. The molecular weight excluding hydrogens is 248 g/mol. The summed E-state index contributed by atoms with van der Waals surface area (Å²) in [5.41, 5.74) is 3.02. The van der Waals surface area contributed by atoms with Gasteiger partial charge in [0.15, 0.2) is 0 Å². The van der Waals surface area contributed by atoms with Crippen LogP contribution in [-0.4, -0.2) is 10.2 Å². The van der Waals surface area contributed by atoms with E-state index < -0.39 is 0 Å². The zero-order valence-corrected chi connectivity index (χ0v) is 12.7. The predicted octanol–water partition coefficient (Wildman–Crippen LogP) is 4.97. The van der Waals surface area contributed by atoms with E-state index in [1.807, 2.05) is 51.1 Å². The van der Waals surface area contributed by atoms with Crippen molar-refractivity contribution in [1.29, 1.82) is 0 Å². The summed E-state index contributed by atoms with van der Waals surface area (Å²) < 4.78 is 0. The normalized spacial score (nSPS) is 11.4. The van der Waals surface area contributed by atoms with Crippen LogP contribution in [0.4, 0.5) is 0 Å². The average molecular weight is 272 g/mol. The van der Waals surface area contributed by atoms with Gasteiger partial charge >= 0.3 is 0 Å². The Bertz CT molecular complexity index is 547. The third-order valence-electron chi connectivity index (χ3n) is 3.32. The Balaban J connectivity index is 0.000000956. The number of hydrogen-bond donors (Lipinski definition) is 2. The molecule has 2 heteroatoms. The Hall–Kier alpha value is -1.96. The molecule has 0 fully saturated rings. The maximum Gasteiger partial charge on any atom is 0.118 e. The topological polar surface area (TPSA) is 40.5 Å². The average Bonchev–Trinajstić information content (AvgIpc) is 2.46. The second-order valence-corrected chi connectivity index (χ2v) is 4.60. The molecule has 20 heavy (non-hydrogen) atoms. The second-order valence-electron chi connectivity index (χ2n) is 4.60. The van der Waals surface area contributed by atoms with Crippen LogP contribution in [0.5, 0.6) is 11.5 Å². The fourth-order valence-corrected chi connectivity index (χ4v) is 2.25. The highest BCUT2D eigenvalue weighted by Gasteiger charge is 2.13.